The van der Waals surface area contributed by atoms with E-state index < -0.39 is 0 Å². The number of amides is 1. The Morgan fingerprint density at radius 3 is 2.69 bits per heavy atom. The van der Waals surface area contributed by atoms with Crippen molar-refractivity contribution in [3.05, 3.63) is 66.0 Å². The summed E-state index contributed by atoms with van der Waals surface area (Å²) in [5, 5.41) is 3.54. The number of carbonyl (C=O) groups is 1. The maximum atomic E-state index is 12.7. The fourth-order valence-corrected chi connectivity index (χ4v) is 3.84. The van der Waals surface area contributed by atoms with Gasteiger partial charge in [-0.15, -0.1) is 0 Å². The van der Waals surface area contributed by atoms with E-state index in [2.05, 4.69) is 28.3 Å². The van der Waals surface area contributed by atoms with E-state index in [4.69, 9.17) is 0 Å². The molecule has 0 saturated carbocycles. The first-order valence-electron chi connectivity index (χ1n) is 9.17. The first kappa shape index (κ1) is 18.5. The standard InChI is InChI=1S/C21H28N4O/c1-24(2)21(26)19(16-8-5-4-6-9-16)23-15-18-11-13-25(3)20(18)17-10-7-12-22-14-17/h4-10,12,14,18-20,23H,11,13,15H2,1-3H3/t18-,19?,20-/m0/s1. The molecule has 0 bridgehead atoms. The van der Waals surface area contributed by atoms with Crippen LogP contribution in [0.3, 0.4) is 0 Å². The van der Waals surface area contributed by atoms with E-state index >= 15 is 0 Å². The van der Waals surface area contributed by atoms with Crippen LogP contribution in [0.1, 0.15) is 29.6 Å². The van der Waals surface area contributed by atoms with Crippen LogP contribution in [0, 0.1) is 5.92 Å². The zero-order chi connectivity index (χ0) is 18.5. The van der Waals surface area contributed by atoms with Gasteiger partial charge in [0.2, 0.25) is 5.91 Å². The minimum atomic E-state index is -0.313. The van der Waals surface area contributed by atoms with E-state index in [1.165, 1.54) is 5.56 Å². The van der Waals surface area contributed by atoms with Crippen molar-refractivity contribution in [1.82, 2.24) is 20.1 Å². The van der Waals surface area contributed by atoms with Crippen LogP contribution >= 0.6 is 0 Å². The second kappa shape index (κ2) is 8.43. The molecule has 1 aromatic heterocycles. The summed E-state index contributed by atoms with van der Waals surface area (Å²) < 4.78 is 0. The molecule has 0 aliphatic carbocycles. The van der Waals surface area contributed by atoms with Crippen molar-refractivity contribution in [2.24, 2.45) is 5.92 Å². The van der Waals surface area contributed by atoms with Gasteiger partial charge in [0.15, 0.2) is 0 Å². The van der Waals surface area contributed by atoms with Gasteiger partial charge < -0.3 is 10.2 Å². The molecule has 1 aromatic carbocycles. The summed E-state index contributed by atoms with van der Waals surface area (Å²) in [4.78, 5) is 21.0. The zero-order valence-electron chi connectivity index (χ0n) is 15.8. The average molecular weight is 352 g/mol. The number of benzene rings is 1. The Morgan fingerprint density at radius 2 is 2.04 bits per heavy atom. The third-order valence-corrected chi connectivity index (χ3v) is 5.20. The third-order valence-electron chi connectivity index (χ3n) is 5.20. The van der Waals surface area contributed by atoms with Crippen LogP contribution in [0.25, 0.3) is 0 Å². The quantitative estimate of drug-likeness (QED) is 0.868. The van der Waals surface area contributed by atoms with Crippen LogP contribution in [0.5, 0.6) is 0 Å². The Labute approximate surface area is 156 Å². The van der Waals surface area contributed by atoms with Gasteiger partial charge in [-0.3, -0.25) is 14.7 Å². The lowest BCUT2D eigenvalue weighted by Crippen LogP contribution is -2.39. The average Bonchev–Trinajstić information content (AvgIpc) is 3.03. The van der Waals surface area contributed by atoms with E-state index in [-0.39, 0.29) is 11.9 Å². The van der Waals surface area contributed by atoms with Crippen LogP contribution in [-0.2, 0) is 4.79 Å². The number of carbonyl (C=O) groups excluding carboxylic acids is 1. The Kier molecular flexibility index (Phi) is 6.01. The lowest BCUT2D eigenvalue weighted by atomic mass is 9.94. The SMILES string of the molecule is CN(C)C(=O)C(NC[C@@H]1CCN(C)[C@H]1c1cccnc1)c1ccccc1. The van der Waals surface area contributed by atoms with Gasteiger partial charge in [0.25, 0.3) is 0 Å². The number of rotatable bonds is 6. The van der Waals surface area contributed by atoms with Gasteiger partial charge in [0, 0.05) is 39.1 Å². The molecule has 26 heavy (non-hydrogen) atoms. The van der Waals surface area contributed by atoms with Crippen LogP contribution in [-0.4, -0.2) is 54.9 Å². The summed E-state index contributed by atoms with van der Waals surface area (Å²) in [6.07, 6.45) is 4.88. The highest BCUT2D eigenvalue weighted by molar-refractivity contribution is 5.82. The summed E-state index contributed by atoms with van der Waals surface area (Å²) >= 11 is 0. The third kappa shape index (κ3) is 4.11. The highest BCUT2D eigenvalue weighted by Crippen LogP contribution is 2.35. The minimum Gasteiger partial charge on any atom is -0.347 e. The predicted octanol–water partition coefficient (Wildman–Crippen LogP) is 2.49. The maximum Gasteiger partial charge on any atom is 0.243 e. The lowest BCUT2D eigenvalue weighted by Gasteiger charge is -2.28. The number of nitrogens with zero attached hydrogens (tertiary/aromatic N) is 3. The van der Waals surface area contributed by atoms with Crippen molar-refractivity contribution in [1.29, 1.82) is 0 Å². The van der Waals surface area contributed by atoms with Crippen molar-refractivity contribution in [2.75, 3.05) is 34.2 Å². The van der Waals surface area contributed by atoms with E-state index in [0.29, 0.717) is 12.0 Å². The largest absolute Gasteiger partial charge is 0.347 e. The van der Waals surface area contributed by atoms with Gasteiger partial charge in [0.05, 0.1) is 0 Å². The molecule has 5 heteroatoms. The summed E-state index contributed by atoms with van der Waals surface area (Å²) in [5.74, 6) is 0.533. The number of nitrogens with one attached hydrogen (secondary N) is 1. The number of aromatic nitrogens is 1. The molecular weight excluding hydrogens is 324 g/mol. The number of likely N-dealkylation sites (N-methyl/N-ethyl adjacent to an activating group) is 1. The van der Waals surface area contributed by atoms with Crippen molar-refractivity contribution in [3.8, 4) is 0 Å². The Balaban J connectivity index is 1.75. The molecule has 2 aromatic rings. The van der Waals surface area contributed by atoms with Gasteiger partial charge in [-0.1, -0.05) is 36.4 Å². The van der Waals surface area contributed by atoms with E-state index in [9.17, 15) is 4.79 Å². The monoisotopic (exact) mass is 352 g/mol. The molecule has 3 atom stereocenters. The molecule has 1 aliphatic rings. The molecule has 1 amide bonds. The number of hydrogen-bond donors (Lipinski definition) is 1. The maximum absolute atomic E-state index is 12.7. The topological polar surface area (TPSA) is 48.5 Å². The zero-order valence-corrected chi connectivity index (χ0v) is 15.8. The molecule has 0 radical (unpaired) electrons. The summed E-state index contributed by atoms with van der Waals surface area (Å²) in [5.41, 5.74) is 2.25. The lowest BCUT2D eigenvalue weighted by molar-refractivity contribution is -0.131. The van der Waals surface area contributed by atoms with Crippen molar-refractivity contribution in [2.45, 2.75) is 18.5 Å². The van der Waals surface area contributed by atoms with Crippen LogP contribution in [0.15, 0.2) is 54.9 Å². The van der Waals surface area contributed by atoms with E-state index in [1.807, 2.05) is 62.9 Å². The Hall–Kier alpha value is -2.24. The molecule has 2 heterocycles. The molecule has 1 fully saturated rings. The molecular formula is C21H28N4O. The molecule has 5 nitrogen and oxygen atoms in total. The number of hydrogen-bond acceptors (Lipinski definition) is 4. The van der Waals surface area contributed by atoms with E-state index in [1.54, 1.807) is 4.90 Å². The summed E-state index contributed by atoms with van der Waals surface area (Å²) in [6, 6.07) is 14.1. The highest BCUT2D eigenvalue weighted by Gasteiger charge is 2.34. The van der Waals surface area contributed by atoms with Crippen molar-refractivity contribution >= 4 is 5.91 Å². The molecule has 1 saturated heterocycles. The summed E-state index contributed by atoms with van der Waals surface area (Å²) in [6.45, 7) is 1.85. The molecule has 3 rings (SSSR count). The fourth-order valence-electron chi connectivity index (χ4n) is 3.84. The first-order chi connectivity index (χ1) is 12.6. The first-order valence-corrected chi connectivity index (χ1v) is 9.17. The van der Waals surface area contributed by atoms with Gasteiger partial charge in [-0.25, -0.2) is 0 Å². The van der Waals surface area contributed by atoms with Crippen LogP contribution < -0.4 is 5.32 Å². The van der Waals surface area contributed by atoms with Gasteiger partial charge in [-0.05, 0) is 43.1 Å². The van der Waals surface area contributed by atoms with Gasteiger partial charge >= 0.3 is 0 Å². The second-order valence-electron chi connectivity index (χ2n) is 7.25. The molecule has 1 aliphatic heterocycles. The smallest absolute Gasteiger partial charge is 0.243 e. The number of pyridine rings is 1. The van der Waals surface area contributed by atoms with Crippen molar-refractivity contribution in [3.63, 3.8) is 0 Å². The molecule has 1 N–H and O–H groups in total. The molecule has 138 valence electrons. The Morgan fingerprint density at radius 1 is 1.27 bits per heavy atom. The normalized spacial score (nSPS) is 21.5. The minimum absolute atomic E-state index is 0.0838. The predicted molar refractivity (Wildman–Crippen MR) is 104 cm³/mol. The number of likely N-dealkylation sites (tertiary alicyclic amines) is 1. The highest BCUT2D eigenvalue weighted by atomic mass is 16.2. The molecule has 1 unspecified atom stereocenters. The second-order valence-corrected chi connectivity index (χ2v) is 7.25. The van der Waals surface area contributed by atoms with E-state index in [0.717, 1.165) is 25.1 Å². The molecule has 0 spiro atoms. The van der Waals surface area contributed by atoms with Crippen molar-refractivity contribution < 1.29 is 4.79 Å². The summed E-state index contributed by atoms with van der Waals surface area (Å²) in [7, 11) is 5.78. The van der Waals surface area contributed by atoms with Crippen LogP contribution in [0.4, 0.5) is 0 Å². The fraction of sp³-hybridized carbons (Fsp3) is 0.429. The van der Waals surface area contributed by atoms with Gasteiger partial charge in [0.1, 0.15) is 6.04 Å². The van der Waals surface area contributed by atoms with Crippen LogP contribution in [0.2, 0.25) is 0 Å². The van der Waals surface area contributed by atoms with Gasteiger partial charge in [-0.2, -0.15) is 0 Å². The Bertz CT molecular complexity index is 704.